The summed E-state index contributed by atoms with van der Waals surface area (Å²) in [6.45, 7) is 0. The van der Waals surface area contributed by atoms with Crippen LogP contribution in [0.4, 0.5) is 0 Å². The zero-order valence-electron chi connectivity index (χ0n) is 12.2. The predicted molar refractivity (Wildman–Crippen MR) is 73.8 cm³/mol. The number of carbonyl (C=O) groups is 1. The third kappa shape index (κ3) is 2.86. The van der Waals surface area contributed by atoms with Gasteiger partial charge in [0, 0.05) is 7.05 Å². The molecule has 1 saturated carbocycles. The van der Waals surface area contributed by atoms with E-state index >= 15 is 0 Å². The van der Waals surface area contributed by atoms with Crippen molar-refractivity contribution in [3.05, 3.63) is 12.2 Å². The van der Waals surface area contributed by atoms with Crippen LogP contribution in [0.2, 0.25) is 0 Å². The molecular formula is C14H24N4O. The topological polar surface area (TPSA) is 51.0 Å². The smallest absolute Gasteiger partial charge is 0.160 e. The van der Waals surface area contributed by atoms with Crippen LogP contribution in [0.25, 0.3) is 0 Å². The molecule has 0 unspecified atom stereocenters. The third-order valence-electron chi connectivity index (χ3n) is 4.43. The number of rotatable bonds is 4. The largest absolute Gasteiger partial charge is 0.297 e. The van der Waals surface area contributed by atoms with Crippen molar-refractivity contribution in [1.29, 1.82) is 0 Å². The first-order valence-electron chi connectivity index (χ1n) is 7.10. The van der Waals surface area contributed by atoms with Gasteiger partial charge in [-0.3, -0.25) is 14.4 Å². The van der Waals surface area contributed by atoms with Gasteiger partial charge in [-0.1, -0.05) is 25.7 Å². The maximum Gasteiger partial charge on any atom is 0.160 e. The molecule has 0 saturated heterocycles. The van der Waals surface area contributed by atoms with Crippen molar-refractivity contribution in [2.45, 2.75) is 50.5 Å². The number of hydrogen-bond donors (Lipinski definition) is 0. The van der Waals surface area contributed by atoms with Gasteiger partial charge in [0.05, 0.1) is 12.0 Å². The molecule has 19 heavy (non-hydrogen) atoms. The summed E-state index contributed by atoms with van der Waals surface area (Å²) in [6.07, 6.45) is 8.60. The summed E-state index contributed by atoms with van der Waals surface area (Å²) in [6, 6.07) is 0. The van der Waals surface area contributed by atoms with Crippen molar-refractivity contribution in [3.63, 3.8) is 0 Å². The van der Waals surface area contributed by atoms with E-state index in [2.05, 4.69) is 15.0 Å². The number of aromatic nitrogens is 3. The lowest BCUT2D eigenvalue weighted by Gasteiger charge is -2.38. The standard InChI is InChI=1S/C14H24N4O/c1-17(2)14(8-6-4-5-7-9-14)12(19)10-13-15-11-16-18(13)3/h11H,4-10H2,1-3H3. The van der Waals surface area contributed by atoms with Gasteiger partial charge in [0.15, 0.2) is 5.78 Å². The van der Waals surface area contributed by atoms with Crippen LogP contribution in [-0.2, 0) is 18.3 Å². The van der Waals surface area contributed by atoms with Crippen LogP contribution in [-0.4, -0.2) is 45.1 Å². The van der Waals surface area contributed by atoms with Crippen molar-refractivity contribution in [2.24, 2.45) is 7.05 Å². The number of Topliss-reactive ketones (excluding diaryl/α,β-unsaturated/α-hetero) is 1. The number of hydrogen-bond acceptors (Lipinski definition) is 4. The lowest BCUT2D eigenvalue weighted by atomic mass is 9.83. The molecule has 0 aromatic carbocycles. The van der Waals surface area contributed by atoms with Gasteiger partial charge in [-0.05, 0) is 26.9 Å². The molecule has 1 aromatic rings. The van der Waals surface area contributed by atoms with Crippen molar-refractivity contribution in [1.82, 2.24) is 19.7 Å². The maximum atomic E-state index is 12.8. The fraction of sp³-hybridized carbons (Fsp3) is 0.786. The molecule has 1 aliphatic rings. The second-order valence-electron chi connectivity index (χ2n) is 5.74. The van der Waals surface area contributed by atoms with E-state index in [9.17, 15) is 4.79 Å². The Kier molecular flexibility index (Phi) is 4.34. The van der Waals surface area contributed by atoms with E-state index in [0.717, 1.165) is 31.5 Å². The van der Waals surface area contributed by atoms with Crippen LogP contribution in [0.5, 0.6) is 0 Å². The fourth-order valence-electron chi connectivity index (χ4n) is 3.08. The Balaban J connectivity index is 2.18. The molecule has 2 rings (SSSR count). The quantitative estimate of drug-likeness (QED) is 0.775. The van der Waals surface area contributed by atoms with Gasteiger partial charge in [0.25, 0.3) is 0 Å². The van der Waals surface area contributed by atoms with Crippen molar-refractivity contribution >= 4 is 5.78 Å². The molecule has 0 atom stereocenters. The number of carbonyl (C=O) groups excluding carboxylic acids is 1. The SMILES string of the molecule is CN(C)C1(C(=O)Cc2ncnn2C)CCCCCC1. The molecular weight excluding hydrogens is 240 g/mol. The highest BCUT2D eigenvalue weighted by Crippen LogP contribution is 2.32. The summed E-state index contributed by atoms with van der Waals surface area (Å²) in [4.78, 5) is 19.1. The van der Waals surface area contributed by atoms with Crippen molar-refractivity contribution < 1.29 is 4.79 Å². The molecule has 0 bridgehead atoms. The summed E-state index contributed by atoms with van der Waals surface area (Å²) in [7, 11) is 5.89. The Bertz CT molecular complexity index is 430. The van der Waals surface area contributed by atoms with E-state index in [1.54, 1.807) is 4.68 Å². The molecule has 1 heterocycles. The van der Waals surface area contributed by atoms with E-state index in [-0.39, 0.29) is 11.3 Å². The normalized spacial score (nSPS) is 19.4. The lowest BCUT2D eigenvalue weighted by Crippen LogP contribution is -2.51. The van der Waals surface area contributed by atoms with E-state index in [1.807, 2.05) is 21.1 Å². The number of likely N-dealkylation sites (N-methyl/N-ethyl adjacent to an activating group) is 1. The summed E-state index contributed by atoms with van der Waals surface area (Å²) >= 11 is 0. The molecule has 1 fully saturated rings. The summed E-state index contributed by atoms with van der Waals surface area (Å²) in [5.74, 6) is 1.05. The van der Waals surface area contributed by atoms with Crippen LogP contribution in [0.3, 0.4) is 0 Å². The van der Waals surface area contributed by atoms with Crippen LogP contribution in [0.1, 0.15) is 44.3 Å². The predicted octanol–water partition coefficient (Wildman–Crippen LogP) is 1.58. The minimum absolute atomic E-state index is 0.288. The summed E-state index contributed by atoms with van der Waals surface area (Å²) in [5.41, 5.74) is -0.303. The monoisotopic (exact) mass is 264 g/mol. The highest BCUT2D eigenvalue weighted by molar-refractivity contribution is 5.89. The number of ketones is 1. The second-order valence-corrected chi connectivity index (χ2v) is 5.74. The highest BCUT2D eigenvalue weighted by Gasteiger charge is 2.40. The van der Waals surface area contributed by atoms with Crippen LogP contribution < -0.4 is 0 Å². The molecule has 1 aromatic heterocycles. The minimum Gasteiger partial charge on any atom is -0.297 e. The average Bonchev–Trinajstić information content (AvgIpc) is 2.66. The van der Waals surface area contributed by atoms with Gasteiger partial charge < -0.3 is 0 Å². The Hall–Kier alpha value is -1.23. The fourth-order valence-corrected chi connectivity index (χ4v) is 3.08. The van der Waals surface area contributed by atoms with E-state index in [0.29, 0.717) is 6.42 Å². The van der Waals surface area contributed by atoms with Gasteiger partial charge in [-0.25, -0.2) is 4.98 Å². The van der Waals surface area contributed by atoms with Gasteiger partial charge in [0.1, 0.15) is 12.2 Å². The zero-order chi connectivity index (χ0) is 13.9. The van der Waals surface area contributed by atoms with E-state index in [4.69, 9.17) is 0 Å². The molecule has 5 nitrogen and oxygen atoms in total. The van der Waals surface area contributed by atoms with Gasteiger partial charge in [-0.15, -0.1) is 0 Å². The number of nitrogens with zero attached hydrogens (tertiary/aromatic N) is 4. The van der Waals surface area contributed by atoms with Gasteiger partial charge in [-0.2, -0.15) is 5.10 Å². The molecule has 1 aliphatic carbocycles. The number of aryl methyl sites for hydroxylation is 1. The van der Waals surface area contributed by atoms with Crippen LogP contribution in [0.15, 0.2) is 6.33 Å². The molecule has 106 valence electrons. The molecule has 0 N–H and O–H groups in total. The third-order valence-corrected chi connectivity index (χ3v) is 4.43. The molecule has 0 aliphatic heterocycles. The minimum atomic E-state index is -0.303. The molecule has 0 spiro atoms. The van der Waals surface area contributed by atoms with Crippen LogP contribution >= 0.6 is 0 Å². The highest BCUT2D eigenvalue weighted by atomic mass is 16.1. The maximum absolute atomic E-state index is 12.8. The van der Waals surface area contributed by atoms with Gasteiger partial charge in [0.2, 0.25) is 0 Å². The van der Waals surface area contributed by atoms with E-state index < -0.39 is 0 Å². The average molecular weight is 264 g/mol. The zero-order valence-corrected chi connectivity index (χ0v) is 12.2. The molecule has 0 radical (unpaired) electrons. The Morgan fingerprint density at radius 3 is 2.42 bits per heavy atom. The van der Waals surface area contributed by atoms with E-state index in [1.165, 1.54) is 19.2 Å². The first-order chi connectivity index (χ1) is 9.06. The first kappa shape index (κ1) is 14.2. The summed E-state index contributed by atoms with van der Waals surface area (Å²) < 4.78 is 1.69. The molecule has 0 amide bonds. The van der Waals surface area contributed by atoms with Gasteiger partial charge >= 0.3 is 0 Å². The van der Waals surface area contributed by atoms with Crippen molar-refractivity contribution in [3.8, 4) is 0 Å². The Morgan fingerprint density at radius 1 is 1.32 bits per heavy atom. The Labute approximate surface area is 115 Å². The van der Waals surface area contributed by atoms with Crippen molar-refractivity contribution in [2.75, 3.05) is 14.1 Å². The van der Waals surface area contributed by atoms with Crippen LogP contribution in [0, 0.1) is 0 Å². The summed E-state index contributed by atoms with van der Waals surface area (Å²) in [5, 5.41) is 4.04. The first-order valence-corrected chi connectivity index (χ1v) is 7.10. The lowest BCUT2D eigenvalue weighted by molar-refractivity contribution is -0.130. The second kappa shape index (κ2) is 5.82. The molecule has 5 heteroatoms. The Morgan fingerprint density at radius 2 is 1.95 bits per heavy atom.